The molecule has 0 unspecified atom stereocenters. The highest BCUT2D eigenvalue weighted by Gasteiger charge is 2.18. The predicted octanol–water partition coefficient (Wildman–Crippen LogP) is 3.08. The van der Waals surface area contributed by atoms with E-state index in [-0.39, 0.29) is 0 Å². The fourth-order valence-electron chi connectivity index (χ4n) is 2.58. The molecule has 0 spiro atoms. The Hall–Kier alpha value is -2.14. The van der Waals surface area contributed by atoms with Gasteiger partial charge in [0.25, 0.3) is 0 Å². The SMILES string of the molecule is CNC(=S)Nc1ccc(N2CCCc3ccccc32)nc1. The van der Waals surface area contributed by atoms with Crippen molar-refractivity contribution >= 4 is 34.5 Å². The topological polar surface area (TPSA) is 40.2 Å². The van der Waals surface area contributed by atoms with Gasteiger partial charge in [-0.05, 0) is 48.8 Å². The highest BCUT2D eigenvalue weighted by Crippen LogP contribution is 2.32. The number of para-hydroxylation sites is 1. The van der Waals surface area contributed by atoms with Crippen LogP contribution in [0.5, 0.6) is 0 Å². The zero-order valence-electron chi connectivity index (χ0n) is 12.0. The minimum absolute atomic E-state index is 0.591. The normalized spacial score (nSPS) is 13.5. The Kier molecular flexibility index (Phi) is 4.01. The first kappa shape index (κ1) is 13.8. The number of nitrogens with zero attached hydrogens (tertiary/aromatic N) is 2. The van der Waals surface area contributed by atoms with Gasteiger partial charge in [0.1, 0.15) is 5.82 Å². The Bertz CT molecular complexity index is 639. The summed E-state index contributed by atoms with van der Waals surface area (Å²) in [5.41, 5.74) is 3.55. The van der Waals surface area contributed by atoms with Crippen LogP contribution in [0.2, 0.25) is 0 Å². The van der Waals surface area contributed by atoms with Crippen molar-refractivity contribution in [3.63, 3.8) is 0 Å². The molecular weight excluding hydrogens is 280 g/mol. The number of nitrogens with one attached hydrogen (secondary N) is 2. The van der Waals surface area contributed by atoms with Crippen molar-refractivity contribution in [3.05, 3.63) is 48.2 Å². The van der Waals surface area contributed by atoms with E-state index in [0.717, 1.165) is 30.9 Å². The van der Waals surface area contributed by atoms with Crippen LogP contribution in [0.4, 0.5) is 17.2 Å². The molecule has 3 rings (SSSR count). The van der Waals surface area contributed by atoms with Crippen LogP contribution in [-0.2, 0) is 6.42 Å². The molecule has 1 aromatic carbocycles. The highest BCUT2D eigenvalue weighted by atomic mass is 32.1. The minimum atomic E-state index is 0.591. The molecule has 2 heterocycles. The van der Waals surface area contributed by atoms with Gasteiger partial charge in [0.15, 0.2) is 5.11 Å². The number of rotatable bonds is 2. The van der Waals surface area contributed by atoms with Gasteiger partial charge < -0.3 is 15.5 Å². The van der Waals surface area contributed by atoms with Crippen LogP contribution < -0.4 is 15.5 Å². The highest BCUT2D eigenvalue weighted by molar-refractivity contribution is 7.80. The fourth-order valence-corrected chi connectivity index (χ4v) is 2.70. The van der Waals surface area contributed by atoms with Crippen molar-refractivity contribution in [3.8, 4) is 0 Å². The molecule has 21 heavy (non-hydrogen) atoms. The number of aromatic nitrogens is 1. The summed E-state index contributed by atoms with van der Waals surface area (Å²) in [6.45, 7) is 1.01. The molecule has 0 radical (unpaired) electrons. The number of benzene rings is 1. The Labute approximate surface area is 130 Å². The molecule has 0 atom stereocenters. The lowest BCUT2D eigenvalue weighted by molar-refractivity contribution is 0.760. The summed E-state index contributed by atoms with van der Waals surface area (Å²) in [6, 6.07) is 12.6. The van der Waals surface area contributed by atoms with Crippen LogP contribution in [0, 0.1) is 0 Å². The summed E-state index contributed by atoms with van der Waals surface area (Å²) in [6.07, 6.45) is 4.11. The third kappa shape index (κ3) is 2.97. The first-order valence-electron chi connectivity index (χ1n) is 7.08. The smallest absolute Gasteiger partial charge is 0.170 e. The maximum absolute atomic E-state index is 5.09. The molecule has 2 aromatic rings. The number of pyridine rings is 1. The quantitative estimate of drug-likeness (QED) is 0.834. The molecule has 0 fully saturated rings. The van der Waals surface area contributed by atoms with E-state index >= 15 is 0 Å². The van der Waals surface area contributed by atoms with Crippen LogP contribution in [-0.4, -0.2) is 23.7 Å². The Morgan fingerprint density at radius 3 is 2.86 bits per heavy atom. The van der Waals surface area contributed by atoms with Gasteiger partial charge in [-0.1, -0.05) is 18.2 Å². The van der Waals surface area contributed by atoms with Gasteiger partial charge in [-0.25, -0.2) is 4.98 Å². The largest absolute Gasteiger partial charge is 0.366 e. The molecule has 4 nitrogen and oxygen atoms in total. The van der Waals surface area contributed by atoms with Crippen LogP contribution in [0.3, 0.4) is 0 Å². The summed E-state index contributed by atoms with van der Waals surface area (Å²) in [5, 5.41) is 6.56. The van der Waals surface area contributed by atoms with Crippen LogP contribution >= 0.6 is 12.2 Å². The van der Waals surface area contributed by atoms with E-state index in [0.29, 0.717) is 5.11 Å². The number of fused-ring (bicyclic) bond motifs is 1. The molecule has 2 N–H and O–H groups in total. The van der Waals surface area contributed by atoms with Gasteiger partial charge in [-0.3, -0.25) is 0 Å². The Morgan fingerprint density at radius 1 is 1.24 bits per heavy atom. The summed E-state index contributed by atoms with van der Waals surface area (Å²) in [4.78, 5) is 6.84. The number of aryl methyl sites for hydroxylation is 1. The van der Waals surface area contributed by atoms with E-state index in [2.05, 4.69) is 44.8 Å². The maximum Gasteiger partial charge on any atom is 0.170 e. The average molecular weight is 298 g/mol. The average Bonchev–Trinajstić information content (AvgIpc) is 2.55. The molecule has 0 saturated carbocycles. The molecule has 5 heteroatoms. The molecule has 108 valence electrons. The van der Waals surface area contributed by atoms with Crippen molar-refractivity contribution in [2.75, 3.05) is 23.8 Å². The fraction of sp³-hybridized carbons (Fsp3) is 0.250. The Morgan fingerprint density at radius 2 is 2.10 bits per heavy atom. The molecule has 1 aliphatic rings. The van der Waals surface area contributed by atoms with Crippen molar-refractivity contribution < 1.29 is 0 Å². The lowest BCUT2D eigenvalue weighted by atomic mass is 10.0. The number of anilines is 3. The van der Waals surface area contributed by atoms with Crippen molar-refractivity contribution in [1.29, 1.82) is 0 Å². The van der Waals surface area contributed by atoms with E-state index in [1.165, 1.54) is 11.3 Å². The van der Waals surface area contributed by atoms with Crippen molar-refractivity contribution in [2.24, 2.45) is 0 Å². The third-order valence-electron chi connectivity index (χ3n) is 3.62. The summed E-state index contributed by atoms with van der Waals surface area (Å²) in [5.74, 6) is 0.975. The Balaban J connectivity index is 1.83. The molecule has 0 bridgehead atoms. The van der Waals surface area contributed by atoms with Crippen LogP contribution in [0.1, 0.15) is 12.0 Å². The van der Waals surface area contributed by atoms with Gasteiger partial charge in [0.05, 0.1) is 11.9 Å². The predicted molar refractivity (Wildman–Crippen MR) is 91.3 cm³/mol. The van der Waals surface area contributed by atoms with E-state index in [1.54, 1.807) is 7.05 Å². The second-order valence-corrected chi connectivity index (χ2v) is 5.40. The summed E-state index contributed by atoms with van der Waals surface area (Å²) in [7, 11) is 1.79. The maximum atomic E-state index is 5.09. The van der Waals surface area contributed by atoms with Crippen LogP contribution in [0.25, 0.3) is 0 Å². The number of hydrogen-bond acceptors (Lipinski definition) is 3. The molecular formula is C16H18N4S. The van der Waals surface area contributed by atoms with Gasteiger partial charge >= 0.3 is 0 Å². The van der Waals surface area contributed by atoms with E-state index in [1.807, 2.05) is 18.3 Å². The van der Waals surface area contributed by atoms with Crippen molar-refractivity contribution in [1.82, 2.24) is 10.3 Å². The van der Waals surface area contributed by atoms with Gasteiger partial charge in [0, 0.05) is 19.3 Å². The van der Waals surface area contributed by atoms with Gasteiger partial charge in [-0.2, -0.15) is 0 Å². The van der Waals surface area contributed by atoms with Crippen LogP contribution in [0.15, 0.2) is 42.6 Å². The van der Waals surface area contributed by atoms with E-state index in [9.17, 15) is 0 Å². The second-order valence-electron chi connectivity index (χ2n) is 4.99. The minimum Gasteiger partial charge on any atom is -0.366 e. The third-order valence-corrected chi connectivity index (χ3v) is 3.93. The number of hydrogen-bond donors (Lipinski definition) is 2. The summed E-state index contributed by atoms with van der Waals surface area (Å²) < 4.78 is 0. The van der Waals surface area contributed by atoms with E-state index < -0.39 is 0 Å². The monoisotopic (exact) mass is 298 g/mol. The second kappa shape index (κ2) is 6.10. The zero-order valence-corrected chi connectivity index (χ0v) is 12.8. The molecule has 1 aliphatic heterocycles. The molecule has 1 aromatic heterocycles. The standard InChI is InChI=1S/C16H18N4S/c1-17-16(21)19-13-8-9-15(18-11-13)20-10-4-6-12-5-2-3-7-14(12)20/h2-3,5,7-9,11H,4,6,10H2,1H3,(H2,17,19,21). The molecule has 0 aliphatic carbocycles. The van der Waals surface area contributed by atoms with Gasteiger partial charge in [0.2, 0.25) is 0 Å². The van der Waals surface area contributed by atoms with Gasteiger partial charge in [-0.15, -0.1) is 0 Å². The lowest BCUT2D eigenvalue weighted by Gasteiger charge is -2.30. The number of thiocarbonyl (C=S) groups is 1. The lowest BCUT2D eigenvalue weighted by Crippen LogP contribution is -2.26. The molecule has 0 amide bonds. The summed E-state index contributed by atoms with van der Waals surface area (Å²) >= 11 is 5.09. The zero-order chi connectivity index (χ0) is 14.7. The van der Waals surface area contributed by atoms with Crippen molar-refractivity contribution in [2.45, 2.75) is 12.8 Å². The van der Waals surface area contributed by atoms with E-state index in [4.69, 9.17) is 12.2 Å². The first-order chi connectivity index (χ1) is 10.3. The first-order valence-corrected chi connectivity index (χ1v) is 7.49. The molecule has 0 saturated heterocycles.